The molecular formula is C14H17FN4OS. The summed E-state index contributed by atoms with van der Waals surface area (Å²) < 4.78 is 14.4. The minimum Gasteiger partial charge on any atom is -0.392 e. The Morgan fingerprint density at radius 1 is 1.19 bits per heavy atom. The number of halogens is 1. The number of nitrogens with two attached hydrogens (primary N) is 1. The lowest BCUT2D eigenvalue weighted by molar-refractivity contribution is 0.137. The number of aliphatic hydroxyl groups is 1. The van der Waals surface area contributed by atoms with Gasteiger partial charge in [-0.15, -0.1) is 10.2 Å². The van der Waals surface area contributed by atoms with Crippen LogP contribution in [-0.2, 0) is 0 Å². The maximum atomic E-state index is 13.0. The summed E-state index contributed by atoms with van der Waals surface area (Å²) in [7, 11) is 0. The first-order valence-corrected chi connectivity index (χ1v) is 7.84. The third kappa shape index (κ3) is 3.03. The van der Waals surface area contributed by atoms with Gasteiger partial charge in [-0.05, 0) is 37.1 Å². The van der Waals surface area contributed by atoms with Crippen molar-refractivity contribution in [2.24, 2.45) is 0 Å². The van der Waals surface area contributed by atoms with Gasteiger partial charge >= 0.3 is 0 Å². The molecule has 3 rings (SSSR count). The Kier molecular flexibility index (Phi) is 4.12. The molecule has 1 fully saturated rings. The lowest BCUT2D eigenvalue weighted by Crippen LogP contribution is -2.27. The first-order valence-electron chi connectivity index (χ1n) is 6.96. The van der Waals surface area contributed by atoms with Crippen LogP contribution in [0.1, 0.15) is 25.7 Å². The van der Waals surface area contributed by atoms with Crippen LogP contribution in [0.2, 0.25) is 0 Å². The normalized spacial score (nSPS) is 22.4. The average molecular weight is 308 g/mol. The maximum absolute atomic E-state index is 13.0. The van der Waals surface area contributed by atoms with Crippen molar-refractivity contribution in [2.75, 3.05) is 5.84 Å². The molecule has 1 heterocycles. The zero-order valence-corrected chi connectivity index (χ0v) is 12.3. The zero-order chi connectivity index (χ0) is 14.8. The highest BCUT2D eigenvalue weighted by atomic mass is 32.2. The average Bonchev–Trinajstić information content (AvgIpc) is 2.84. The molecule has 21 heavy (non-hydrogen) atoms. The van der Waals surface area contributed by atoms with E-state index in [1.807, 2.05) is 0 Å². The number of aliphatic hydroxyl groups excluding tert-OH is 1. The van der Waals surface area contributed by atoms with Gasteiger partial charge in [0.25, 0.3) is 0 Å². The van der Waals surface area contributed by atoms with Gasteiger partial charge in [0.2, 0.25) is 5.16 Å². The van der Waals surface area contributed by atoms with E-state index >= 15 is 0 Å². The van der Waals surface area contributed by atoms with Crippen LogP contribution < -0.4 is 5.84 Å². The minimum absolute atomic E-state index is 0.103. The molecular weight excluding hydrogens is 291 g/mol. The Morgan fingerprint density at radius 2 is 1.90 bits per heavy atom. The Bertz CT molecular complexity index is 616. The number of thioether (sulfide) groups is 1. The number of hydrogen-bond acceptors (Lipinski definition) is 5. The van der Waals surface area contributed by atoms with Crippen LogP contribution in [-0.4, -0.2) is 31.3 Å². The summed E-state index contributed by atoms with van der Waals surface area (Å²) in [6.07, 6.45) is 3.62. The predicted molar refractivity (Wildman–Crippen MR) is 79.7 cm³/mol. The number of nitrogens with zero attached hydrogens (tertiary/aromatic N) is 3. The second kappa shape index (κ2) is 6.03. The Hall–Kier alpha value is -1.60. The molecule has 7 heteroatoms. The smallest absolute Gasteiger partial charge is 0.210 e. The van der Waals surface area contributed by atoms with Gasteiger partial charge < -0.3 is 10.9 Å². The fourth-order valence-corrected chi connectivity index (χ4v) is 3.64. The third-order valence-corrected chi connectivity index (χ3v) is 5.03. The molecule has 1 aliphatic rings. The second-order valence-electron chi connectivity index (χ2n) is 5.19. The molecule has 1 saturated carbocycles. The quantitative estimate of drug-likeness (QED) is 0.850. The molecule has 1 aliphatic carbocycles. The SMILES string of the molecule is Nn1c(SC2CCCCC2O)nnc1-c1ccc(F)cc1. The van der Waals surface area contributed by atoms with E-state index in [9.17, 15) is 9.50 Å². The molecule has 0 saturated heterocycles. The molecule has 0 spiro atoms. The van der Waals surface area contributed by atoms with E-state index in [2.05, 4.69) is 10.2 Å². The molecule has 0 radical (unpaired) electrons. The van der Waals surface area contributed by atoms with Gasteiger partial charge in [-0.1, -0.05) is 24.6 Å². The van der Waals surface area contributed by atoms with Crippen LogP contribution in [0.25, 0.3) is 11.4 Å². The van der Waals surface area contributed by atoms with E-state index in [-0.39, 0.29) is 17.2 Å². The molecule has 3 N–H and O–H groups in total. The fourth-order valence-electron chi connectivity index (χ4n) is 2.50. The van der Waals surface area contributed by atoms with E-state index in [0.717, 1.165) is 25.7 Å². The van der Waals surface area contributed by atoms with E-state index in [1.54, 1.807) is 12.1 Å². The standard InChI is InChI=1S/C14H17FN4OS/c15-10-7-5-9(6-8-10)13-17-18-14(19(13)16)21-12-4-2-1-3-11(12)20/h5-8,11-12,20H,1-4,16H2. The van der Waals surface area contributed by atoms with Crippen molar-refractivity contribution in [1.29, 1.82) is 0 Å². The van der Waals surface area contributed by atoms with Crippen LogP contribution in [0.4, 0.5) is 4.39 Å². The van der Waals surface area contributed by atoms with E-state index in [4.69, 9.17) is 5.84 Å². The summed E-state index contributed by atoms with van der Waals surface area (Å²) in [5.74, 6) is 6.22. The topological polar surface area (TPSA) is 77.0 Å². The molecule has 0 bridgehead atoms. The highest BCUT2D eigenvalue weighted by Crippen LogP contribution is 2.33. The van der Waals surface area contributed by atoms with Crippen molar-refractivity contribution < 1.29 is 9.50 Å². The molecule has 1 aromatic heterocycles. The highest BCUT2D eigenvalue weighted by Gasteiger charge is 2.26. The summed E-state index contributed by atoms with van der Waals surface area (Å²) in [6.45, 7) is 0. The summed E-state index contributed by atoms with van der Waals surface area (Å²) in [5.41, 5.74) is 0.711. The summed E-state index contributed by atoms with van der Waals surface area (Å²) in [6, 6.07) is 5.96. The first-order chi connectivity index (χ1) is 10.1. The third-order valence-electron chi connectivity index (χ3n) is 3.69. The summed E-state index contributed by atoms with van der Waals surface area (Å²) in [5, 5.41) is 18.8. The van der Waals surface area contributed by atoms with Gasteiger partial charge in [0.1, 0.15) is 5.82 Å². The zero-order valence-electron chi connectivity index (χ0n) is 11.4. The molecule has 2 atom stereocenters. The molecule has 0 amide bonds. The Labute approximate surface area is 126 Å². The molecule has 1 aromatic carbocycles. The van der Waals surface area contributed by atoms with Crippen LogP contribution in [0.3, 0.4) is 0 Å². The van der Waals surface area contributed by atoms with E-state index < -0.39 is 0 Å². The maximum Gasteiger partial charge on any atom is 0.210 e. The Balaban J connectivity index is 1.80. The molecule has 112 valence electrons. The number of benzene rings is 1. The molecule has 2 aromatic rings. The first kappa shape index (κ1) is 14.3. The molecule has 5 nitrogen and oxygen atoms in total. The minimum atomic E-state index is -0.324. The van der Waals surface area contributed by atoms with Crippen LogP contribution in [0.5, 0.6) is 0 Å². The van der Waals surface area contributed by atoms with Crippen molar-refractivity contribution in [3.63, 3.8) is 0 Å². The second-order valence-corrected chi connectivity index (χ2v) is 6.40. The lowest BCUT2D eigenvalue weighted by Gasteiger charge is -2.26. The predicted octanol–water partition coefficient (Wildman–Crippen LogP) is 2.19. The van der Waals surface area contributed by atoms with Crippen LogP contribution in [0.15, 0.2) is 29.4 Å². The van der Waals surface area contributed by atoms with Gasteiger partial charge in [0.05, 0.1) is 6.10 Å². The van der Waals surface area contributed by atoms with Gasteiger partial charge in [0.15, 0.2) is 5.82 Å². The van der Waals surface area contributed by atoms with Crippen molar-refractivity contribution in [3.05, 3.63) is 30.1 Å². The molecule has 0 aliphatic heterocycles. The number of hydrogen-bond donors (Lipinski definition) is 2. The van der Waals surface area contributed by atoms with Crippen molar-refractivity contribution >= 4 is 11.8 Å². The van der Waals surface area contributed by atoms with Crippen LogP contribution >= 0.6 is 11.8 Å². The van der Waals surface area contributed by atoms with E-state index in [1.165, 1.54) is 28.6 Å². The van der Waals surface area contributed by atoms with Crippen LogP contribution in [0, 0.1) is 5.82 Å². The van der Waals surface area contributed by atoms with E-state index in [0.29, 0.717) is 16.5 Å². The van der Waals surface area contributed by atoms with Gasteiger partial charge in [-0.2, -0.15) is 0 Å². The lowest BCUT2D eigenvalue weighted by atomic mass is 9.97. The number of aromatic nitrogens is 3. The van der Waals surface area contributed by atoms with Crippen molar-refractivity contribution in [2.45, 2.75) is 42.2 Å². The largest absolute Gasteiger partial charge is 0.392 e. The summed E-state index contributed by atoms with van der Waals surface area (Å²) >= 11 is 1.46. The van der Waals surface area contributed by atoms with Crippen molar-refractivity contribution in [3.8, 4) is 11.4 Å². The fraction of sp³-hybridized carbons (Fsp3) is 0.429. The van der Waals surface area contributed by atoms with Gasteiger partial charge in [0, 0.05) is 10.8 Å². The van der Waals surface area contributed by atoms with Crippen molar-refractivity contribution in [1.82, 2.24) is 14.9 Å². The van der Waals surface area contributed by atoms with Gasteiger partial charge in [-0.3, -0.25) is 0 Å². The monoisotopic (exact) mass is 308 g/mol. The van der Waals surface area contributed by atoms with Gasteiger partial charge in [-0.25, -0.2) is 9.07 Å². The highest BCUT2D eigenvalue weighted by molar-refractivity contribution is 7.99. The number of rotatable bonds is 3. The summed E-state index contributed by atoms with van der Waals surface area (Å²) in [4.78, 5) is 0. The Morgan fingerprint density at radius 3 is 2.62 bits per heavy atom. The number of nitrogen functional groups attached to an aromatic ring is 1. The molecule has 2 unspecified atom stereocenters.